The molecule has 3 heterocycles. The molecule has 5 nitrogen and oxygen atoms in total. The Morgan fingerprint density at radius 3 is 2.88 bits per heavy atom. The monoisotopic (exact) mass is 328 g/mol. The largest absolute Gasteiger partial charge is 0.351 e. The normalized spacial score (nSPS) is 28.3. The lowest BCUT2D eigenvalue weighted by Gasteiger charge is -2.31. The van der Waals surface area contributed by atoms with Gasteiger partial charge in [-0.05, 0) is 24.8 Å². The molecular weight excluding hydrogens is 304 g/mol. The number of rotatable bonds is 5. The molecule has 3 fully saturated rings. The van der Waals surface area contributed by atoms with Gasteiger partial charge in [0.1, 0.15) is 0 Å². The van der Waals surface area contributed by atoms with Crippen molar-refractivity contribution in [3.05, 3.63) is 35.9 Å². The molecule has 2 amide bonds. The Bertz CT molecular complexity index is 633. The van der Waals surface area contributed by atoms with Crippen LogP contribution in [0.25, 0.3) is 0 Å². The number of nitrogens with zero attached hydrogens (tertiary/aromatic N) is 2. The van der Waals surface area contributed by atoms with Crippen LogP contribution in [0.5, 0.6) is 0 Å². The van der Waals surface area contributed by atoms with E-state index in [1.807, 2.05) is 15.9 Å². The quantitative estimate of drug-likeness (QED) is 0.777. The number of hydrogen-bond acceptors (Lipinski definition) is 3. The Hall–Kier alpha value is -1.88. The fourth-order valence-corrected chi connectivity index (χ4v) is 4.48. The van der Waals surface area contributed by atoms with E-state index in [1.165, 1.54) is 5.56 Å². The minimum absolute atomic E-state index is 0.0749. The van der Waals surface area contributed by atoms with Crippen molar-refractivity contribution in [1.82, 2.24) is 9.80 Å². The molecule has 0 unspecified atom stereocenters. The summed E-state index contributed by atoms with van der Waals surface area (Å²) in [6.07, 6.45) is 4.67. The molecule has 0 bridgehead atoms. The van der Waals surface area contributed by atoms with Crippen molar-refractivity contribution >= 4 is 11.8 Å². The number of ether oxygens (including phenoxy) is 1. The van der Waals surface area contributed by atoms with E-state index in [2.05, 4.69) is 24.3 Å². The molecule has 1 aromatic carbocycles. The first-order chi connectivity index (χ1) is 11.7. The van der Waals surface area contributed by atoms with Gasteiger partial charge in [0.2, 0.25) is 11.8 Å². The van der Waals surface area contributed by atoms with Crippen LogP contribution in [0.2, 0.25) is 0 Å². The molecule has 1 spiro atoms. The van der Waals surface area contributed by atoms with Crippen LogP contribution >= 0.6 is 0 Å². The van der Waals surface area contributed by atoms with Crippen LogP contribution in [0.3, 0.4) is 0 Å². The third-order valence-corrected chi connectivity index (χ3v) is 5.67. The smallest absolute Gasteiger partial charge is 0.227 e. The Morgan fingerprint density at radius 1 is 1.21 bits per heavy atom. The standard InChI is InChI=1S/C19H24N2O3/c22-17(9-5-4-8-15-6-2-1-3-7-15)20-11-10-19-16(20)14-18(23)21(19)12-13-24-19/h1-3,6-7,16H,4-5,8-14H2/t16-,19+/m1/s1. The molecule has 5 heteroatoms. The summed E-state index contributed by atoms with van der Waals surface area (Å²) in [5.74, 6) is 0.314. The average Bonchev–Trinajstić information content (AvgIpc) is 3.24. The van der Waals surface area contributed by atoms with Gasteiger partial charge in [-0.1, -0.05) is 30.3 Å². The zero-order valence-corrected chi connectivity index (χ0v) is 13.9. The lowest BCUT2D eigenvalue weighted by molar-refractivity contribution is -0.139. The minimum Gasteiger partial charge on any atom is -0.351 e. The molecule has 0 aliphatic carbocycles. The minimum atomic E-state index is -0.503. The molecule has 2 atom stereocenters. The molecule has 128 valence electrons. The lowest BCUT2D eigenvalue weighted by atomic mass is 10.1. The van der Waals surface area contributed by atoms with Crippen LogP contribution in [-0.4, -0.2) is 53.1 Å². The van der Waals surface area contributed by atoms with Crippen molar-refractivity contribution in [2.45, 2.75) is 50.3 Å². The topological polar surface area (TPSA) is 49.9 Å². The van der Waals surface area contributed by atoms with Gasteiger partial charge in [-0.25, -0.2) is 0 Å². The fraction of sp³-hybridized carbons (Fsp3) is 0.579. The molecule has 3 saturated heterocycles. The summed E-state index contributed by atoms with van der Waals surface area (Å²) in [7, 11) is 0. The van der Waals surface area contributed by atoms with Crippen LogP contribution in [0.15, 0.2) is 30.3 Å². The summed E-state index contributed by atoms with van der Waals surface area (Å²) in [5.41, 5.74) is 0.818. The number of benzene rings is 1. The molecule has 3 aliphatic heterocycles. The molecule has 0 radical (unpaired) electrons. The highest BCUT2D eigenvalue weighted by atomic mass is 16.5. The second-order valence-corrected chi connectivity index (χ2v) is 6.99. The van der Waals surface area contributed by atoms with Crippen LogP contribution < -0.4 is 0 Å². The van der Waals surface area contributed by atoms with Crippen molar-refractivity contribution in [2.75, 3.05) is 19.7 Å². The maximum Gasteiger partial charge on any atom is 0.227 e. The summed E-state index contributed by atoms with van der Waals surface area (Å²) < 4.78 is 5.93. The molecule has 1 aromatic rings. The van der Waals surface area contributed by atoms with Crippen molar-refractivity contribution in [1.29, 1.82) is 0 Å². The second-order valence-electron chi connectivity index (χ2n) is 6.99. The zero-order chi connectivity index (χ0) is 16.6. The Kier molecular flexibility index (Phi) is 4.04. The number of unbranched alkanes of at least 4 members (excludes halogenated alkanes) is 1. The van der Waals surface area contributed by atoms with Crippen LogP contribution in [-0.2, 0) is 20.7 Å². The van der Waals surface area contributed by atoms with Gasteiger partial charge >= 0.3 is 0 Å². The van der Waals surface area contributed by atoms with Crippen LogP contribution in [0, 0.1) is 0 Å². The molecular formula is C19H24N2O3. The van der Waals surface area contributed by atoms with Crippen LogP contribution in [0.1, 0.15) is 37.7 Å². The summed E-state index contributed by atoms with van der Waals surface area (Å²) >= 11 is 0. The first kappa shape index (κ1) is 15.6. The highest BCUT2D eigenvalue weighted by molar-refractivity contribution is 5.84. The number of hydrogen-bond donors (Lipinski definition) is 0. The molecule has 0 N–H and O–H groups in total. The fourth-order valence-electron chi connectivity index (χ4n) is 4.48. The lowest BCUT2D eigenvalue weighted by Crippen LogP contribution is -2.48. The predicted molar refractivity (Wildman–Crippen MR) is 89.1 cm³/mol. The van der Waals surface area contributed by atoms with E-state index < -0.39 is 5.72 Å². The van der Waals surface area contributed by atoms with Gasteiger partial charge < -0.3 is 14.5 Å². The summed E-state index contributed by atoms with van der Waals surface area (Å²) in [6, 6.07) is 10.3. The van der Waals surface area contributed by atoms with Gasteiger partial charge in [0, 0.05) is 25.9 Å². The van der Waals surface area contributed by atoms with E-state index in [0.717, 1.165) is 25.7 Å². The van der Waals surface area contributed by atoms with E-state index in [-0.39, 0.29) is 17.9 Å². The molecule has 0 aromatic heterocycles. The average molecular weight is 328 g/mol. The van der Waals surface area contributed by atoms with Crippen molar-refractivity contribution < 1.29 is 14.3 Å². The Labute approximate surface area is 142 Å². The van der Waals surface area contributed by atoms with E-state index >= 15 is 0 Å². The summed E-state index contributed by atoms with van der Waals surface area (Å²) in [5, 5.41) is 0. The van der Waals surface area contributed by atoms with Gasteiger partial charge in [-0.15, -0.1) is 0 Å². The summed E-state index contributed by atoms with van der Waals surface area (Å²) in [4.78, 5) is 28.6. The zero-order valence-electron chi connectivity index (χ0n) is 13.9. The SMILES string of the molecule is O=C(CCCCc1ccccc1)N1CC[C@@]23OCCN2C(=O)C[C@@H]13. The van der Waals surface area contributed by atoms with Gasteiger partial charge in [0.25, 0.3) is 0 Å². The summed E-state index contributed by atoms with van der Waals surface area (Å²) in [6.45, 7) is 1.99. The molecule has 3 aliphatic rings. The third-order valence-electron chi connectivity index (χ3n) is 5.67. The Balaban J connectivity index is 1.30. The highest BCUT2D eigenvalue weighted by Gasteiger charge is 2.62. The van der Waals surface area contributed by atoms with Gasteiger partial charge in [-0.3, -0.25) is 9.59 Å². The van der Waals surface area contributed by atoms with Gasteiger partial charge in [-0.2, -0.15) is 0 Å². The predicted octanol–water partition coefficient (Wildman–Crippen LogP) is 1.96. The number of amides is 2. The third kappa shape index (κ3) is 2.51. The number of carbonyl (C=O) groups is 2. The number of carbonyl (C=O) groups excluding carboxylic acids is 2. The molecule has 4 rings (SSSR count). The Morgan fingerprint density at radius 2 is 2.04 bits per heavy atom. The van der Waals surface area contributed by atoms with E-state index in [0.29, 0.717) is 32.5 Å². The van der Waals surface area contributed by atoms with Crippen molar-refractivity contribution in [3.63, 3.8) is 0 Å². The molecule has 0 saturated carbocycles. The van der Waals surface area contributed by atoms with E-state index in [4.69, 9.17) is 4.74 Å². The van der Waals surface area contributed by atoms with E-state index in [1.54, 1.807) is 0 Å². The van der Waals surface area contributed by atoms with Gasteiger partial charge in [0.05, 0.1) is 19.1 Å². The number of likely N-dealkylation sites (tertiary alicyclic amines) is 1. The highest BCUT2D eigenvalue weighted by Crippen LogP contribution is 2.45. The second kappa shape index (κ2) is 6.20. The first-order valence-corrected chi connectivity index (χ1v) is 8.98. The number of aryl methyl sites for hydroxylation is 1. The first-order valence-electron chi connectivity index (χ1n) is 8.98. The maximum atomic E-state index is 12.6. The van der Waals surface area contributed by atoms with Crippen molar-refractivity contribution in [2.24, 2.45) is 0 Å². The molecule has 24 heavy (non-hydrogen) atoms. The maximum absolute atomic E-state index is 12.6. The van der Waals surface area contributed by atoms with Crippen LogP contribution in [0.4, 0.5) is 0 Å². The van der Waals surface area contributed by atoms with E-state index in [9.17, 15) is 9.59 Å². The van der Waals surface area contributed by atoms with Crippen molar-refractivity contribution in [3.8, 4) is 0 Å². The van der Waals surface area contributed by atoms with Gasteiger partial charge in [0.15, 0.2) is 5.72 Å².